The smallest absolute Gasteiger partial charge is 0.00970 e. The lowest BCUT2D eigenvalue weighted by molar-refractivity contribution is 1.15. The number of benzene rings is 4. The molecule has 0 spiro atoms. The predicted octanol–water partition coefficient (Wildman–Crippen LogP) is 6.85. The van der Waals surface area contributed by atoms with E-state index in [1.54, 1.807) is 5.31 Å². The Bertz CT molecular complexity index is 1150. The molecule has 1 aliphatic carbocycles. The quantitative estimate of drug-likeness (QED) is 0.263. The van der Waals surface area contributed by atoms with E-state index in [9.17, 15) is 0 Å². The Morgan fingerprint density at radius 1 is 0.545 bits per heavy atom. The second-order valence-electron chi connectivity index (χ2n) is 8.23. The summed E-state index contributed by atoms with van der Waals surface area (Å²) in [4.78, 5) is 0. The summed E-state index contributed by atoms with van der Waals surface area (Å²) in [6.07, 6.45) is 5.84. The van der Waals surface area contributed by atoms with E-state index in [1.807, 2.05) is 0 Å². The molecule has 5 rings (SSSR count). The highest BCUT2D eigenvalue weighted by Crippen LogP contribution is 2.53. The van der Waals surface area contributed by atoms with Crippen LogP contribution in [0, 0.1) is 0 Å². The number of allylic oxidation sites excluding steroid dienone is 4. The lowest BCUT2D eigenvalue weighted by Crippen LogP contribution is -2.22. The zero-order valence-electron chi connectivity index (χ0n) is 18.9. The van der Waals surface area contributed by atoms with Crippen molar-refractivity contribution in [3.8, 4) is 0 Å². The Morgan fingerprint density at radius 2 is 0.939 bits per heavy atom. The maximum Gasteiger partial charge on any atom is 0.00970 e. The van der Waals surface area contributed by atoms with Gasteiger partial charge in [0, 0.05) is 5.66 Å². The fourth-order valence-electron chi connectivity index (χ4n) is 4.64. The van der Waals surface area contributed by atoms with Crippen molar-refractivity contribution in [1.29, 1.82) is 0 Å². The van der Waals surface area contributed by atoms with Gasteiger partial charge in [-0.05, 0) is 54.4 Å². The molecule has 0 N–H and O–H groups in total. The molecule has 162 valence electrons. The molecule has 0 radical (unpaired) electrons. The molecular weight excluding hydrogens is 434 g/mol. The highest BCUT2D eigenvalue weighted by atomic mass is 31.1. The first kappa shape index (κ1) is 22.0. The largest absolute Gasteiger partial charge is 0.0798 e. The Labute approximate surface area is 200 Å². The first-order valence-electron chi connectivity index (χ1n) is 11.5. The van der Waals surface area contributed by atoms with Gasteiger partial charge < -0.3 is 0 Å². The van der Waals surface area contributed by atoms with Crippen LogP contribution in [-0.2, 0) is 0 Å². The van der Waals surface area contributed by atoms with Gasteiger partial charge in [0.05, 0.1) is 0 Å². The summed E-state index contributed by atoms with van der Waals surface area (Å²) < 4.78 is 0. The lowest BCUT2D eigenvalue weighted by Gasteiger charge is -2.30. The Kier molecular flexibility index (Phi) is 6.97. The molecule has 0 saturated heterocycles. The number of hydrogen-bond donors (Lipinski definition) is 0. The van der Waals surface area contributed by atoms with E-state index in [0.29, 0.717) is 5.66 Å². The van der Waals surface area contributed by atoms with E-state index in [2.05, 4.69) is 140 Å². The third-order valence-corrected chi connectivity index (χ3v) is 11.5. The molecule has 0 fully saturated rings. The van der Waals surface area contributed by atoms with Crippen molar-refractivity contribution in [2.24, 2.45) is 0 Å². The molecule has 0 saturated carbocycles. The maximum absolute atomic E-state index is 2.44. The average Bonchev–Trinajstić information content (AvgIpc) is 3.36. The van der Waals surface area contributed by atoms with Crippen molar-refractivity contribution in [3.05, 3.63) is 144 Å². The van der Waals surface area contributed by atoms with E-state index in [4.69, 9.17) is 0 Å². The lowest BCUT2D eigenvalue weighted by atomic mass is 10.2. The van der Waals surface area contributed by atoms with Crippen LogP contribution in [0.2, 0.25) is 0 Å². The SMILES string of the molecule is CC(C1=C(P(c2ccccc2)c2ccccc2)CC=C1)P(c1ccccc1)c1ccccc1. The van der Waals surface area contributed by atoms with Gasteiger partial charge in [-0.25, -0.2) is 0 Å². The minimum atomic E-state index is -0.559. The van der Waals surface area contributed by atoms with E-state index in [-0.39, 0.29) is 0 Å². The Morgan fingerprint density at radius 3 is 1.36 bits per heavy atom. The third-order valence-electron chi connectivity index (χ3n) is 6.15. The highest BCUT2D eigenvalue weighted by Gasteiger charge is 2.30. The van der Waals surface area contributed by atoms with Gasteiger partial charge in [-0.15, -0.1) is 0 Å². The van der Waals surface area contributed by atoms with Gasteiger partial charge in [0.15, 0.2) is 0 Å². The molecule has 0 aromatic heterocycles. The fourth-order valence-corrected chi connectivity index (χ4v) is 10.1. The molecule has 2 heteroatoms. The second-order valence-corrected chi connectivity index (χ2v) is 13.0. The molecule has 1 atom stereocenters. The molecule has 33 heavy (non-hydrogen) atoms. The summed E-state index contributed by atoms with van der Waals surface area (Å²) >= 11 is 0. The predicted molar refractivity (Wildman–Crippen MR) is 148 cm³/mol. The molecule has 4 aromatic rings. The third kappa shape index (κ3) is 4.79. The van der Waals surface area contributed by atoms with Crippen molar-refractivity contribution in [2.75, 3.05) is 0 Å². The van der Waals surface area contributed by atoms with Gasteiger partial charge in [-0.1, -0.05) is 140 Å². The normalized spacial score (nSPS) is 14.3. The Hall–Kier alpha value is -2.78. The van der Waals surface area contributed by atoms with Crippen LogP contribution in [0.25, 0.3) is 0 Å². The molecule has 0 aliphatic heterocycles. The molecule has 0 nitrogen and oxygen atoms in total. The van der Waals surface area contributed by atoms with Crippen molar-refractivity contribution >= 4 is 37.1 Å². The van der Waals surface area contributed by atoms with E-state index in [1.165, 1.54) is 26.8 Å². The van der Waals surface area contributed by atoms with Crippen molar-refractivity contribution in [2.45, 2.75) is 19.0 Å². The van der Waals surface area contributed by atoms with Crippen LogP contribution in [0.5, 0.6) is 0 Å². The zero-order chi connectivity index (χ0) is 22.5. The first-order valence-corrected chi connectivity index (χ1v) is 14.3. The minimum Gasteiger partial charge on any atom is -0.0798 e. The zero-order valence-corrected chi connectivity index (χ0v) is 20.7. The molecule has 0 heterocycles. The summed E-state index contributed by atoms with van der Waals surface area (Å²) in [6.45, 7) is 2.44. The van der Waals surface area contributed by atoms with Crippen LogP contribution in [0.3, 0.4) is 0 Å². The van der Waals surface area contributed by atoms with Crippen molar-refractivity contribution in [3.63, 3.8) is 0 Å². The Balaban J connectivity index is 1.64. The van der Waals surface area contributed by atoms with Crippen LogP contribution in [0.4, 0.5) is 0 Å². The molecule has 4 aromatic carbocycles. The summed E-state index contributed by atoms with van der Waals surface area (Å²) in [5.41, 5.74) is 1.98. The summed E-state index contributed by atoms with van der Waals surface area (Å²) in [7, 11) is -1.07. The van der Waals surface area contributed by atoms with Crippen LogP contribution in [0.15, 0.2) is 144 Å². The molecule has 1 aliphatic rings. The van der Waals surface area contributed by atoms with E-state index in [0.717, 1.165) is 6.42 Å². The number of hydrogen-bond acceptors (Lipinski definition) is 0. The van der Waals surface area contributed by atoms with Crippen LogP contribution < -0.4 is 21.2 Å². The standard InChI is InChI=1S/C31H28P2/c1-25(32(26-15-6-2-7-16-26)27-17-8-3-9-18-27)30-23-14-24-31(30)33(28-19-10-4-11-20-28)29-21-12-5-13-22-29/h2-23,25H,24H2,1H3. The minimum absolute atomic E-state index is 0.441. The second kappa shape index (κ2) is 10.4. The summed E-state index contributed by atoms with van der Waals surface area (Å²) in [5, 5.41) is 7.37. The van der Waals surface area contributed by atoms with Gasteiger partial charge in [-0.3, -0.25) is 0 Å². The van der Waals surface area contributed by atoms with Crippen molar-refractivity contribution < 1.29 is 0 Å². The summed E-state index contributed by atoms with van der Waals surface area (Å²) in [6, 6.07) is 44.4. The van der Waals surface area contributed by atoms with Crippen molar-refractivity contribution in [1.82, 2.24) is 0 Å². The molecular formula is C31H28P2. The van der Waals surface area contributed by atoms with Crippen LogP contribution in [0.1, 0.15) is 13.3 Å². The van der Waals surface area contributed by atoms with Gasteiger partial charge >= 0.3 is 0 Å². The molecule has 0 bridgehead atoms. The summed E-state index contributed by atoms with van der Waals surface area (Å²) in [5.74, 6) is 0. The first-order chi connectivity index (χ1) is 16.3. The average molecular weight is 463 g/mol. The maximum atomic E-state index is 2.44. The van der Waals surface area contributed by atoms with Gasteiger partial charge in [-0.2, -0.15) is 0 Å². The number of rotatable bonds is 7. The monoisotopic (exact) mass is 462 g/mol. The van der Waals surface area contributed by atoms with Crippen LogP contribution in [-0.4, -0.2) is 5.66 Å². The molecule has 0 amide bonds. The van der Waals surface area contributed by atoms with Gasteiger partial charge in [0.1, 0.15) is 0 Å². The van der Waals surface area contributed by atoms with Gasteiger partial charge in [0.2, 0.25) is 0 Å². The molecule has 1 unspecified atom stereocenters. The topological polar surface area (TPSA) is 0 Å². The van der Waals surface area contributed by atoms with E-state index < -0.39 is 15.8 Å². The van der Waals surface area contributed by atoms with Crippen LogP contribution >= 0.6 is 15.8 Å². The fraction of sp³-hybridized carbons (Fsp3) is 0.0968. The van der Waals surface area contributed by atoms with E-state index >= 15 is 0 Å². The van der Waals surface area contributed by atoms with Gasteiger partial charge in [0.25, 0.3) is 0 Å². The highest BCUT2D eigenvalue weighted by molar-refractivity contribution is 7.77.